The maximum absolute atomic E-state index is 12.0. The van der Waals surface area contributed by atoms with E-state index in [9.17, 15) is 4.79 Å². The van der Waals surface area contributed by atoms with Crippen LogP contribution in [0.2, 0.25) is 0 Å². The number of rotatable bonds is 7. The van der Waals surface area contributed by atoms with E-state index in [0.29, 0.717) is 17.6 Å². The second-order valence-corrected chi connectivity index (χ2v) is 6.85. The SMILES string of the molecule is CC(C)CCNC(=O)C(C)Sc1ncn(-c2ccccc2)n1. The number of nitrogens with zero attached hydrogens (tertiary/aromatic N) is 3. The van der Waals surface area contributed by atoms with E-state index in [1.165, 1.54) is 11.8 Å². The Hall–Kier alpha value is -1.82. The quantitative estimate of drug-likeness (QED) is 0.798. The summed E-state index contributed by atoms with van der Waals surface area (Å²) < 4.78 is 1.71. The average molecular weight is 318 g/mol. The third-order valence-electron chi connectivity index (χ3n) is 3.16. The number of thioether (sulfide) groups is 1. The smallest absolute Gasteiger partial charge is 0.233 e. The molecule has 6 heteroatoms. The molecule has 0 saturated carbocycles. The van der Waals surface area contributed by atoms with Gasteiger partial charge < -0.3 is 5.32 Å². The van der Waals surface area contributed by atoms with E-state index in [2.05, 4.69) is 29.2 Å². The van der Waals surface area contributed by atoms with Gasteiger partial charge in [-0.05, 0) is 31.4 Å². The molecule has 22 heavy (non-hydrogen) atoms. The van der Waals surface area contributed by atoms with Crippen molar-refractivity contribution < 1.29 is 4.79 Å². The number of hydrogen-bond donors (Lipinski definition) is 1. The van der Waals surface area contributed by atoms with Crippen LogP contribution in [0.25, 0.3) is 5.69 Å². The number of benzene rings is 1. The molecule has 0 bridgehead atoms. The van der Waals surface area contributed by atoms with Crippen LogP contribution in [0.15, 0.2) is 41.8 Å². The molecule has 1 aromatic carbocycles. The van der Waals surface area contributed by atoms with Gasteiger partial charge in [-0.15, -0.1) is 5.10 Å². The fraction of sp³-hybridized carbons (Fsp3) is 0.438. The van der Waals surface area contributed by atoms with Crippen LogP contribution in [0, 0.1) is 5.92 Å². The maximum atomic E-state index is 12.0. The maximum Gasteiger partial charge on any atom is 0.233 e. The van der Waals surface area contributed by atoms with Crippen LogP contribution in [0.1, 0.15) is 27.2 Å². The van der Waals surface area contributed by atoms with Crippen LogP contribution >= 0.6 is 11.8 Å². The first kappa shape index (κ1) is 16.5. The van der Waals surface area contributed by atoms with Gasteiger partial charge in [0.1, 0.15) is 6.33 Å². The van der Waals surface area contributed by atoms with Gasteiger partial charge in [0.15, 0.2) is 0 Å². The average Bonchev–Trinajstić information content (AvgIpc) is 2.96. The zero-order valence-electron chi connectivity index (χ0n) is 13.2. The van der Waals surface area contributed by atoms with Crippen molar-refractivity contribution in [1.82, 2.24) is 20.1 Å². The van der Waals surface area contributed by atoms with Gasteiger partial charge in [-0.2, -0.15) is 0 Å². The lowest BCUT2D eigenvalue weighted by Crippen LogP contribution is -2.32. The highest BCUT2D eigenvalue weighted by atomic mass is 32.2. The standard InChI is InChI=1S/C16H22N4OS/c1-12(2)9-10-17-15(21)13(3)22-16-18-11-20(19-16)14-7-5-4-6-8-14/h4-8,11-13H,9-10H2,1-3H3,(H,17,21). The molecule has 0 fully saturated rings. The Morgan fingerprint density at radius 3 is 2.68 bits per heavy atom. The van der Waals surface area contributed by atoms with Crippen LogP contribution in [0.5, 0.6) is 0 Å². The molecule has 1 unspecified atom stereocenters. The van der Waals surface area contributed by atoms with Crippen molar-refractivity contribution >= 4 is 17.7 Å². The Morgan fingerprint density at radius 1 is 1.27 bits per heavy atom. The van der Waals surface area contributed by atoms with E-state index >= 15 is 0 Å². The Labute approximate surface area is 135 Å². The summed E-state index contributed by atoms with van der Waals surface area (Å²) in [6, 6.07) is 9.79. The van der Waals surface area contributed by atoms with Crippen molar-refractivity contribution in [1.29, 1.82) is 0 Å². The number of carbonyl (C=O) groups excluding carboxylic acids is 1. The molecular weight excluding hydrogens is 296 g/mol. The molecule has 5 nitrogen and oxygen atoms in total. The lowest BCUT2D eigenvalue weighted by molar-refractivity contribution is -0.120. The molecule has 1 N–H and O–H groups in total. The fourth-order valence-corrected chi connectivity index (χ4v) is 2.60. The lowest BCUT2D eigenvalue weighted by atomic mass is 10.1. The van der Waals surface area contributed by atoms with Gasteiger partial charge in [-0.25, -0.2) is 9.67 Å². The van der Waals surface area contributed by atoms with Gasteiger partial charge in [-0.1, -0.05) is 43.8 Å². The van der Waals surface area contributed by atoms with Gasteiger partial charge in [0.2, 0.25) is 11.1 Å². The molecule has 1 aromatic heterocycles. The second-order valence-electron chi connectivity index (χ2n) is 5.54. The summed E-state index contributed by atoms with van der Waals surface area (Å²) in [4.78, 5) is 16.3. The highest BCUT2D eigenvalue weighted by Gasteiger charge is 2.16. The van der Waals surface area contributed by atoms with Crippen molar-refractivity contribution in [3.63, 3.8) is 0 Å². The molecule has 0 saturated heterocycles. The molecule has 1 atom stereocenters. The molecule has 0 aliphatic carbocycles. The summed E-state index contributed by atoms with van der Waals surface area (Å²) in [5.41, 5.74) is 0.955. The summed E-state index contributed by atoms with van der Waals surface area (Å²) in [5, 5.41) is 7.75. The summed E-state index contributed by atoms with van der Waals surface area (Å²) in [7, 11) is 0. The second kappa shape index (κ2) is 7.98. The zero-order valence-corrected chi connectivity index (χ0v) is 14.0. The molecule has 0 aliphatic heterocycles. The van der Waals surface area contributed by atoms with Crippen LogP contribution in [-0.2, 0) is 4.79 Å². The van der Waals surface area contributed by atoms with Gasteiger partial charge in [0.05, 0.1) is 10.9 Å². The predicted molar refractivity (Wildman–Crippen MR) is 89.1 cm³/mol. The summed E-state index contributed by atoms with van der Waals surface area (Å²) in [6.45, 7) is 6.88. The molecule has 2 aromatic rings. The first-order chi connectivity index (χ1) is 10.6. The Balaban J connectivity index is 1.88. The predicted octanol–water partition coefficient (Wildman–Crippen LogP) is 2.91. The normalized spacial score (nSPS) is 12.4. The van der Waals surface area contributed by atoms with Crippen molar-refractivity contribution in [2.45, 2.75) is 37.6 Å². The minimum absolute atomic E-state index is 0.0294. The first-order valence-electron chi connectivity index (χ1n) is 7.47. The minimum Gasteiger partial charge on any atom is -0.355 e. The molecule has 1 amide bonds. The van der Waals surface area contributed by atoms with E-state index in [1.54, 1.807) is 11.0 Å². The van der Waals surface area contributed by atoms with Crippen LogP contribution < -0.4 is 5.32 Å². The van der Waals surface area contributed by atoms with E-state index < -0.39 is 0 Å². The topological polar surface area (TPSA) is 59.8 Å². The van der Waals surface area contributed by atoms with Crippen LogP contribution in [0.3, 0.4) is 0 Å². The van der Waals surface area contributed by atoms with Gasteiger partial charge in [0, 0.05) is 6.54 Å². The number of aromatic nitrogens is 3. The zero-order chi connectivity index (χ0) is 15.9. The number of hydrogen-bond acceptors (Lipinski definition) is 4. The van der Waals surface area contributed by atoms with Crippen molar-refractivity contribution in [2.75, 3.05) is 6.54 Å². The third kappa shape index (κ3) is 4.87. The van der Waals surface area contributed by atoms with Gasteiger partial charge in [0.25, 0.3) is 0 Å². The molecule has 0 radical (unpaired) electrons. The number of carbonyl (C=O) groups is 1. The molecule has 0 spiro atoms. The summed E-state index contributed by atoms with van der Waals surface area (Å²) >= 11 is 1.37. The van der Waals surface area contributed by atoms with Gasteiger partial charge in [-0.3, -0.25) is 4.79 Å². The molecule has 0 aliphatic rings. The van der Waals surface area contributed by atoms with Crippen LogP contribution in [-0.4, -0.2) is 32.5 Å². The molecule has 118 valence electrons. The fourth-order valence-electron chi connectivity index (χ4n) is 1.85. The molecule has 2 rings (SSSR count). The highest BCUT2D eigenvalue weighted by molar-refractivity contribution is 8.00. The number of amides is 1. The van der Waals surface area contributed by atoms with Crippen molar-refractivity contribution in [3.8, 4) is 5.69 Å². The summed E-state index contributed by atoms with van der Waals surface area (Å²) in [6.07, 6.45) is 2.66. The van der Waals surface area contributed by atoms with E-state index in [0.717, 1.165) is 12.1 Å². The third-order valence-corrected chi connectivity index (χ3v) is 4.13. The van der Waals surface area contributed by atoms with E-state index in [4.69, 9.17) is 0 Å². The van der Waals surface area contributed by atoms with Crippen molar-refractivity contribution in [2.24, 2.45) is 5.92 Å². The number of para-hydroxylation sites is 1. The first-order valence-corrected chi connectivity index (χ1v) is 8.35. The Morgan fingerprint density at radius 2 is 2.00 bits per heavy atom. The Bertz CT molecular complexity index is 597. The van der Waals surface area contributed by atoms with E-state index in [1.807, 2.05) is 37.3 Å². The molecule has 1 heterocycles. The van der Waals surface area contributed by atoms with Crippen LogP contribution in [0.4, 0.5) is 0 Å². The molecular formula is C16H22N4OS. The highest BCUT2D eigenvalue weighted by Crippen LogP contribution is 2.19. The lowest BCUT2D eigenvalue weighted by Gasteiger charge is -2.11. The van der Waals surface area contributed by atoms with E-state index in [-0.39, 0.29) is 11.2 Å². The minimum atomic E-state index is -0.209. The number of nitrogens with one attached hydrogen (secondary N) is 1. The Kier molecular flexibility index (Phi) is 6.00. The largest absolute Gasteiger partial charge is 0.355 e. The monoisotopic (exact) mass is 318 g/mol. The van der Waals surface area contributed by atoms with Gasteiger partial charge >= 0.3 is 0 Å². The summed E-state index contributed by atoms with van der Waals surface area (Å²) in [5.74, 6) is 0.619. The van der Waals surface area contributed by atoms with Crippen molar-refractivity contribution in [3.05, 3.63) is 36.7 Å².